The van der Waals surface area contributed by atoms with Crippen LogP contribution in [-0.2, 0) is 16.6 Å². The van der Waals surface area contributed by atoms with E-state index in [2.05, 4.69) is 16.7 Å². The summed E-state index contributed by atoms with van der Waals surface area (Å²) in [6.07, 6.45) is 2.04. The highest BCUT2D eigenvalue weighted by atomic mass is 32.2. The number of nitrogens with one attached hydrogen (secondary N) is 1. The van der Waals surface area contributed by atoms with Gasteiger partial charge in [-0.05, 0) is 52.7 Å². The van der Waals surface area contributed by atoms with Crippen LogP contribution < -0.4 is 10.5 Å². The quantitative estimate of drug-likeness (QED) is 0.845. The Balaban J connectivity index is 2.09. The lowest BCUT2D eigenvalue weighted by Crippen LogP contribution is -2.37. The van der Waals surface area contributed by atoms with Gasteiger partial charge in [0.25, 0.3) is 0 Å². The van der Waals surface area contributed by atoms with Gasteiger partial charge in [-0.25, -0.2) is 13.1 Å². The second-order valence-electron chi connectivity index (χ2n) is 5.82. The molecule has 1 fully saturated rings. The third-order valence-corrected chi connectivity index (χ3v) is 5.82. The minimum absolute atomic E-state index is 0.160. The maximum absolute atomic E-state index is 12.5. The minimum Gasteiger partial charge on any atom is -0.465 e. The molecular formula is C14H25N3O3S. The summed E-state index contributed by atoms with van der Waals surface area (Å²) in [5, 5.41) is 0. The van der Waals surface area contributed by atoms with Crippen LogP contribution in [0, 0.1) is 19.8 Å². The fourth-order valence-electron chi connectivity index (χ4n) is 2.86. The Hall–Kier alpha value is -0.890. The van der Waals surface area contributed by atoms with E-state index < -0.39 is 10.0 Å². The van der Waals surface area contributed by atoms with Gasteiger partial charge in [-0.1, -0.05) is 0 Å². The summed E-state index contributed by atoms with van der Waals surface area (Å²) in [6.45, 7) is 6.08. The van der Waals surface area contributed by atoms with Gasteiger partial charge in [-0.2, -0.15) is 0 Å². The number of nitrogens with zero attached hydrogens (tertiary/aromatic N) is 1. The van der Waals surface area contributed by atoms with Gasteiger partial charge < -0.3 is 15.1 Å². The Kier molecular flexibility index (Phi) is 5.08. The number of hydrogen-bond donors (Lipinski definition) is 2. The van der Waals surface area contributed by atoms with E-state index >= 15 is 0 Å². The molecule has 1 aliphatic heterocycles. The van der Waals surface area contributed by atoms with Crippen molar-refractivity contribution in [3.63, 3.8) is 0 Å². The minimum atomic E-state index is -3.56. The van der Waals surface area contributed by atoms with Crippen LogP contribution in [-0.4, -0.2) is 40.0 Å². The molecule has 1 saturated heterocycles. The zero-order valence-corrected chi connectivity index (χ0v) is 13.8. The normalized spacial score (nSPS) is 18.3. The first-order valence-corrected chi connectivity index (χ1v) is 8.80. The number of furan rings is 1. The summed E-state index contributed by atoms with van der Waals surface area (Å²) in [7, 11) is -1.47. The molecule has 0 unspecified atom stereocenters. The van der Waals surface area contributed by atoms with Gasteiger partial charge in [0, 0.05) is 18.7 Å². The number of likely N-dealkylation sites (tertiary alicyclic amines) is 1. The summed E-state index contributed by atoms with van der Waals surface area (Å²) in [5.41, 5.74) is 6.23. The number of nitrogens with two attached hydrogens (primary N) is 1. The van der Waals surface area contributed by atoms with Gasteiger partial charge in [0.15, 0.2) is 0 Å². The number of hydrogen-bond acceptors (Lipinski definition) is 5. The third-order valence-electron chi connectivity index (χ3n) is 4.20. The zero-order valence-electron chi connectivity index (χ0n) is 13.0. The summed E-state index contributed by atoms with van der Waals surface area (Å²) in [5.74, 6) is 1.38. The predicted molar refractivity (Wildman–Crippen MR) is 81.5 cm³/mol. The lowest BCUT2D eigenvalue weighted by Gasteiger charge is -2.28. The van der Waals surface area contributed by atoms with E-state index in [0.717, 1.165) is 25.9 Å². The molecule has 0 aliphatic carbocycles. The van der Waals surface area contributed by atoms with Gasteiger partial charge in [-0.15, -0.1) is 0 Å². The number of aryl methyl sites for hydroxylation is 2. The van der Waals surface area contributed by atoms with Crippen molar-refractivity contribution < 1.29 is 12.8 Å². The highest BCUT2D eigenvalue weighted by Gasteiger charge is 2.27. The first-order valence-electron chi connectivity index (χ1n) is 7.32. The van der Waals surface area contributed by atoms with Crippen molar-refractivity contribution in [1.29, 1.82) is 0 Å². The molecule has 21 heavy (non-hydrogen) atoms. The molecule has 0 atom stereocenters. The second-order valence-corrected chi connectivity index (χ2v) is 7.53. The molecule has 0 spiro atoms. The van der Waals surface area contributed by atoms with Crippen LogP contribution in [0.2, 0.25) is 0 Å². The van der Waals surface area contributed by atoms with Crippen molar-refractivity contribution in [3.05, 3.63) is 17.1 Å². The topological polar surface area (TPSA) is 88.6 Å². The first-order chi connectivity index (χ1) is 9.85. The summed E-state index contributed by atoms with van der Waals surface area (Å²) in [6, 6.07) is 0. The molecule has 1 aliphatic rings. The maximum Gasteiger partial charge on any atom is 0.244 e. The molecule has 0 saturated carbocycles. The van der Waals surface area contributed by atoms with Crippen molar-refractivity contribution in [2.45, 2.75) is 38.1 Å². The summed E-state index contributed by atoms with van der Waals surface area (Å²) < 4.78 is 33.2. The number of sulfonamides is 1. The van der Waals surface area contributed by atoms with Crippen LogP contribution in [0.3, 0.4) is 0 Å². The Morgan fingerprint density at radius 1 is 1.29 bits per heavy atom. The number of rotatable bonds is 5. The van der Waals surface area contributed by atoms with E-state index in [1.54, 1.807) is 13.8 Å². The Labute approximate surface area is 126 Å². The molecule has 0 aromatic carbocycles. The molecule has 1 aromatic rings. The highest BCUT2D eigenvalue weighted by Crippen LogP contribution is 2.26. The monoisotopic (exact) mass is 315 g/mol. The average molecular weight is 315 g/mol. The van der Waals surface area contributed by atoms with Crippen molar-refractivity contribution in [1.82, 2.24) is 9.62 Å². The lowest BCUT2D eigenvalue weighted by atomic mass is 9.98. The standard InChI is InChI=1S/C14H25N3O3S/c1-10-13(8-15)14(11(2)20-10)21(18,19)16-9-12-4-6-17(3)7-5-12/h12,16H,4-9,15H2,1-3H3. The van der Waals surface area contributed by atoms with Crippen LogP contribution in [0.25, 0.3) is 0 Å². The van der Waals surface area contributed by atoms with Crippen LogP contribution >= 0.6 is 0 Å². The van der Waals surface area contributed by atoms with E-state index in [-0.39, 0.29) is 11.4 Å². The Bertz CT molecular complexity index is 587. The van der Waals surface area contributed by atoms with Crippen LogP contribution in [0.1, 0.15) is 29.9 Å². The Morgan fingerprint density at radius 3 is 2.48 bits per heavy atom. The zero-order chi connectivity index (χ0) is 15.6. The molecular weight excluding hydrogens is 290 g/mol. The van der Waals surface area contributed by atoms with Crippen molar-refractivity contribution in [2.75, 3.05) is 26.7 Å². The second kappa shape index (κ2) is 6.48. The summed E-state index contributed by atoms with van der Waals surface area (Å²) >= 11 is 0. The van der Waals surface area contributed by atoms with E-state index in [1.807, 2.05) is 0 Å². The number of piperidine rings is 1. The Morgan fingerprint density at radius 2 is 1.90 bits per heavy atom. The third kappa shape index (κ3) is 3.66. The molecule has 7 heteroatoms. The van der Waals surface area contributed by atoms with Crippen molar-refractivity contribution in [3.8, 4) is 0 Å². The van der Waals surface area contributed by atoms with Crippen LogP contribution in [0.15, 0.2) is 9.31 Å². The predicted octanol–water partition coefficient (Wildman–Crippen LogP) is 0.975. The van der Waals surface area contributed by atoms with Gasteiger partial charge in [0.05, 0.1) is 0 Å². The summed E-state index contributed by atoms with van der Waals surface area (Å²) in [4.78, 5) is 2.48. The van der Waals surface area contributed by atoms with Gasteiger partial charge in [-0.3, -0.25) is 0 Å². The largest absolute Gasteiger partial charge is 0.465 e. The van der Waals surface area contributed by atoms with Gasteiger partial charge >= 0.3 is 0 Å². The molecule has 3 N–H and O–H groups in total. The smallest absolute Gasteiger partial charge is 0.244 e. The van der Waals surface area contributed by atoms with Crippen LogP contribution in [0.4, 0.5) is 0 Å². The molecule has 120 valence electrons. The van der Waals surface area contributed by atoms with Crippen molar-refractivity contribution in [2.24, 2.45) is 11.7 Å². The average Bonchev–Trinajstić information content (AvgIpc) is 2.73. The highest BCUT2D eigenvalue weighted by molar-refractivity contribution is 7.89. The fourth-order valence-corrected chi connectivity index (χ4v) is 4.43. The molecule has 6 nitrogen and oxygen atoms in total. The van der Waals surface area contributed by atoms with E-state index in [0.29, 0.717) is 29.5 Å². The molecule has 0 bridgehead atoms. The maximum atomic E-state index is 12.5. The van der Waals surface area contributed by atoms with E-state index in [1.165, 1.54) is 0 Å². The van der Waals surface area contributed by atoms with Crippen LogP contribution in [0.5, 0.6) is 0 Å². The van der Waals surface area contributed by atoms with E-state index in [4.69, 9.17) is 10.2 Å². The van der Waals surface area contributed by atoms with Gasteiger partial charge in [0.1, 0.15) is 16.4 Å². The molecule has 1 aromatic heterocycles. The molecule has 0 amide bonds. The molecule has 0 radical (unpaired) electrons. The SMILES string of the molecule is Cc1oc(C)c(S(=O)(=O)NCC2CCN(C)CC2)c1CN. The van der Waals surface area contributed by atoms with E-state index in [9.17, 15) is 8.42 Å². The molecule has 2 rings (SSSR count). The lowest BCUT2D eigenvalue weighted by molar-refractivity contribution is 0.220. The first kappa shape index (κ1) is 16.5. The fraction of sp³-hybridized carbons (Fsp3) is 0.714. The molecule has 2 heterocycles. The van der Waals surface area contributed by atoms with Gasteiger partial charge in [0.2, 0.25) is 10.0 Å². The van der Waals surface area contributed by atoms with Crippen molar-refractivity contribution >= 4 is 10.0 Å².